The summed E-state index contributed by atoms with van der Waals surface area (Å²) in [7, 11) is 0. The Morgan fingerprint density at radius 1 is 1.29 bits per heavy atom. The number of hydrogen-bond donors (Lipinski definition) is 1. The molecular formula is C11H14N2S. The summed E-state index contributed by atoms with van der Waals surface area (Å²) < 4.78 is 1.26. The van der Waals surface area contributed by atoms with E-state index in [1.165, 1.54) is 15.3 Å². The molecule has 0 unspecified atom stereocenters. The predicted molar refractivity (Wildman–Crippen MR) is 62.8 cm³/mol. The molecule has 0 aliphatic carbocycles. The number of fused-ring (bicyclic) bond motifs is 1. The van der Waals surface area contributed by atoms with Crippen LogP contribution in [-0.2, 0) is 12.8 Å². The molecule has 0 bridgehead atoms. The summed E-state index contributed by atoms with van der Waals surface area (Å²) in [5.74, 6) is 0. The predicted octanol–water partition coefficient (Wildman–Crippen LogP) is 3.00. The Morgan fingerprint density at radius 2 is 2.07 bits per heavy atom. The fourth-order valence-corrected chi connectivity index (χ4v) is 2.57. The highest BCUT2D eigenvalue weighted by molar-refractivity contribution is 7.18. The standard InChI is InChI=1S/C11H14N2S/c1-3-7-8(12)5-6-9-11(7)13-10(4-2)14-9/h5-6H,3-4,12H2,1-2H3. The highest BCUT2D eigenvalue weighted by Crippen LogP contribution is 2.29. The molecule has 1 heterocycles. The van der Waals surface area contributed by atoms with Crippen LogP contribution in [0, 0.1) is 0 Å². The van der Waals surface area contributed by atoms with Gasteiger partial charge in [-0.25, -0.2) is 4.98 Å². The van der Waals surface area contributed by atoms with Crippen molar-refractivity contribution in [3.05, 3.63) is 22.7 Å². The van der Waals surface area contributed by atoms with Gasteiger partial charge in [-0.3, -0.25) is 0 Å². The van der Waals surface area contributed by atoms with Crippen LogP contribution in [0.3, 0.4) is 0 Å². The molecule has 0 spiro atoms. The van der Waals surface area contributed by atoms with Gasteiger partial charge in [0.2, 0.25) is 0 Å². The maximum atomic E-state index is 5.91. The molecule has 2 aromatic rings. The molecule has 0 saturated heterocycles. The van der Waals surface area contributed by atoms with E-state index < -0.39 is 0 Å². The number of nitrogen functional groups attached to an aromatic ring is 1. The average Bonchev–Trinajstić information content (AvgIpc) is 2.60. The molecular weight excluding hydrogens is 192 g/mol. The van der Waals surface area contributed by atoms with Gasteiger partial charge in [-0.05, 0) is 25.0 Å². The van der Waals surface area contributed by atoms with E-state index in [9.17, 15) is 0 Å². The summed E-state index contributed by atoms with van der Waals surface area (Å²) in [5.41, 5.74) is 9.08. The van der Waals surface area contributed by atoms with E-state index in [-0.39, 0.29) is 0 Å². The lowest BCUT2D eigenvalue weighted by Crippen LogP contribution is -1.93. The van der Waals surface area contributed by atoms with Gasteiger partial charge < -0.3 is 5.73 Å². The molecule has 0 fully saturated rings. The summed E-state index contributed by atoms with van der Waals surface area (Å²) in [6.07, 6.45) is 1.96. The lowest BCUT2D eigenvalue weighted by Gasteiger charge is -2.02. The van der Waals surface area contributed by atoms with Crippen LogP contribution in [0.25, 0.3) is 10.2 Å². The Labute approximate surface area is 87.8 Å². The van der Waals surface area contributed by atoms with Crippen molar-refractivity contribution in [2.75, 3.05) is 5.73 Å². The largest absolute Gasteiger partial charge is 0.398 e. The minimum absolute atomic E-state index is 0.868. The van der Waals surface area contributed by atoms with Crippen molar-refractivity contribution < 1.29 is 0 Å². The summed E-state index contributed by atoms with van der Waals surface area (Å²) >= 11 is 1.77. The lowest BCUT2D eigenvalue weighted by molar-refractivity contribution is 1.09. The van der Waals surface area contributed by atoms with Crippen molar-refractivity contribution >= 4 is 27.2 Å². The molecule has 2 N–H and O–H groups in total. The number of nitrogens with zero attached hydrogens (tertiary/aromatic N) is 1. The van der Waals surface area contributed by atoms with Crippen LogP contribution in [0.4, 0.5) is 5.69 Å². The maximum absolute atomic E-state index is 5.91. The van der Waals surface area contributed by atoms with E-state index in [1.54, 1.807) is 11.3 Å². The normalized spacial score (nSPS) is 11.0. The zero-order valence-corrected chi connectivity index (χ0v) is 9.32. The van der Waals surface area contributed by atoms with Crippen LogP contribution in [-0.4, -0.2) is 4.98 Å². The van der Waals surface area contributed by atoms with Gasteiger partial charge in [0.25, 0.3) is 0 Å². The number of anilines is 1. The number of benzene rings is 1. The maximum Gasteiger partial charge on any atom is 0.0936 e. The second-order valence-electron chi connectivity index (χ2n) is 3.29. The molecule has 0 atom stereocenters. The monoisotopic (exact) mass is 206 g/mol. The smallest absolute Gasteiger partial charge is 0.0936 e. The molecule has 0 saturated carbocycles. The Kier molecular flexibility index (Phi) is 2.42. The van der Waals surface area contributed by atoms with Crippen molar-refractivity contribution in [1.82, 2.24) is 4.98 Å². The molecule has 0 radical (unpaired) electrons. The van der Waals surface area contributed by atoms with E-state index in [0.717, 1.165) is 24.0 Å². The molecule has 14 heavy (non-hydrogen) atoms. The first-order valence-electron chi connectivity index (χ1n) is 4.93. The number of hydrogen-bond acceptors (Lipinski definition) is 3. The van der Waals surface area contributed by atoms with Crippen LogP contribution in [0.2, 0.25) is 0 Å². The van der Waals surface area contributed by atoms with Gasteiger partial charge in [0, 0.05) is 11.3 Å². The number of aryl methyl sites for hydroxylation is 2. The van der Waals surface area contributed by atoms with Crippen LogP contribution >= 0.6 is 11.3 Å². The van der Waals surface area contributed by atoms with Gasteiger partial charge in [-0.15, -0.1) is 11.3 Å². The van der Waals surface area contributed by atoms with Gasteiger partial charge in [0.15, 0.2) is 0 Å². The Balaban J connectivity index is 2.73. The molecule has 1 aromatic carbocycles. The van der Waals surface area contributed by atoms with Gasteiger partial charge in [0.05, 0.1) is 15.2 Å². The Bertz CT molecular complexity index is 460. The molecule has 2 nitrogen and oxygen atoms in total. The first kappa shape index (κ1) is 9.46. The zero-order valence-electron chi connectivity index (χ0n) is 8.50. The summed E-state index contributed by atoms with van der Waals surface area (Å²) in [6, 6.07) is 4.06. The van der Waals surface area contributed by atoms with Crippen LogP contribution in [0.15, 0.2) is 12.1 Å². The zero-order chi connectivity index (χ0) is 10.1. The van der Waals surface area contributed by atoms with Crippen molar-refractivity contribution in [2.24, 2.45) is 0 Å². The number of aromatic nitrogens is 1. The Hall–Kier alpha value is -1.09. The highest BCUT2D eigenvalue weighted by Gasteiger charge is 2.08. The fourth-order valence-electron chi connectivity index (χ4n) is 1.63. The van der Waals surface area contributed by atoms with E-state index >= 15 is 0 Å². The number of rotatable bonds is 2. The van der Waals surface area contributed by atoms with Crippen LogP contribution in [0.1, 0.15) is 24.4 Å². The highest BCUT2D eigenvalue weighted by atomic mass is 32.1. The molecule has 0 amide bonds. The van der Waals surface area contributed by atoms with Crippen molar-refractivity contribution in [1.29, 1.82) is 0 Å². The minimum atomic E-state index is 0.868. The summed E-state index contributed by atoms with van der Waals surface area (Å²) in [6.45, 7) is 4.25. The first-order chi connectivity index (χ1) is 6.76. The van der Waals surface area contributed by atoms with Crippen molar-refractivity contribution in [3.8, 4) is 0 Å². The third kappa shape index (κ3) is 1.38. The van der Waals surface area contributed by atoms with Gasteiger partial charge >= 0.3 is 0 Å². The topological polar surface area (TPSA) is 38.9 Å². The average molecular weight is 206 g/mol. The van der Waals surface area contributed by atoms with E-state index in [2.05, 4.69) is 24.9 Å². The third-order valence-corrected chi connectivity index (χ3v) is 3.57. The third-order valence-electron chi connectivity index (χ3n) is 2.40. The van der Waals surface area contributed by atoms with Crippen molar-refractivity contribution in [2.45, 2.75) is 26.7 Å². The molecule has 74 valence electrons. The first-order valence-corrected chi connectivity index (χ1v) is 5.74. The number of thiazole rings is 1. The quantitative estimate of drug-likeness (QED) is 0.767. The number of nitrogens with two attached hydrogens (primary N) is 1. The van der Waals surface area contributed by atoms with Crippen molar-refractivity contribution in [3.63, 3.8) is 0 Å². The van der Waals surface area contributed by atoms with Gasteiger partial charge in [0.1, 0.15) is 0 Å². The molecule has 2 rings (SSSR count). The SMILES string of the molecule is CCc1nc2c(CC)c(N)ccc2s1. The molecule has 3 heteroatoms. The Morgan fingerprint density at radius 3 is 2.71 bits per heavy atom. The van der Waals surface area contributed by atoms with E-state index in [0.29, 0.717) is 0 Å². The van der Waals surface area contributed by atoms with E-state index in [1.807, 2.05) is 6.07 Å². The lowest BCUT2D eigenvalue weighted by atomic mass is 10.1. The second kappa shape index (κ2) is 3.58. The summed E-state index contributed by atoms with van der Waals surface area (Å²) in [5, 5.41) is 1.19. The van der Waals surface area contributed by atoms with Crippen LogP contribution < -0.4 is 5.73 Å². The summed E-state index contributed by atoms with van der Waals surface area (Å²) in [4.78, 5) is 4.60. The van der Waals surface area contributed by atoms with Gasteiger partial charge in [-0.2, -0.15) is 0 Å². The second-order valence-corrected chi connectivity index (χ2v) is 4.41. The molecule has 0 aliphatic heterocycles. The van der Waals surface area contributed by atoms with E-state index in [4.69, 9.17) is 5.73 Å². The molecule has 1 aromatic heterocycles. The van der Waals surface area contributed by atoms with Gasteiger partial charge in [-0.1, -0.05) is 13.8 Å². The van der Waals surface area contributed by atoms with Crippen LogP contribution in [0.5, 0.6) is 0 Å². The molecule has 0 aliphatic rings. The fraction of sp³-hybridized carbons (Fsp3) is 0.364. The minimum Gasteiger partial charge on any atom is -0.398 e.